The third-order valence-corrected chi connectivity index (χ3v) is 5.49. The minimum absolute atomic E-state index is 0.0631. The first-order chi connectivity index (χ1) is 12.1. The van der Waals surface area contributed by atoms with Gasteiger partial charge in [0.15, 0.2) is 0 Å². The topological polar surface area (TPSA) is 84.5 Å². The largest absolute Gasteiger partial charge is 0.496 e. The van der Waals surface area contributed by atoms with E-state index >= 15 is 0 Å². The van der Waals surface area contributed by atoms with Crippen LogP contribution in [-0.2, 0) is 14.8 Å². The summed E-state index contributed by atoms with van der Waals surface area (Å²) in [7, 11) is -2.31. The van der Waals surface area contributed by atoms with E-state index in [-0.39, 0.29) is 4.90 Å². The highest BCUT2D eigenvalue weighted by molar-refractivity contribution is 7.89. The van der Waals surface area contributed by atoms with E-state index in [1.54, 1.807) is 19.1 Å². The Labute approximate surface area is 158 Å². The summed E-state index contributed by atoms with van der Waals surface area (Å²) in [5.74, 6) is 0.0823. The Bertz CT molecular complexity index is 919. The Morgan fingerprint density at radius 3 is 2.38 bits per heavy atom. The number of sulfonamides is 1. The molecular formula is C18H21ClN2O4S. The van der Waals surface area contributed by atoms with Crippen molar-refractivity contribution in [3.63, 3.8) is 0 Å². The molecule has 0 aliphatic rings. The molecule has 0 aliphatic heterocycles. The fourth-order valence-electron chi connectivity index (χ4n) is 2.52. The van der Waals surface area contributed by atoms with Gasteiger partial charge in [0.2, 0.25) is 15.9 Å². The molecule has 0 atom stereocenters. The van der Waals surface area contributed by atoms with E-state index in [0.29, 0.717) is 22.0 Å². The minimum atomic E-state index is -3.82. The van der Waals surface area contributed by atoms with E-state index in [2.05, 4.69) is 10.0 Å². The average Bonchev–Trinajstić information content (AvgIpc) is 2.56. The lowest BCUT2D eigenvalue weighted by molar-refractivity contribution is -0.115. The van der Waals surface area contributed by atoms with Gasteiger partial charge in [-0.25, -0.2) is 13.1 Å². The molecule has 0 radical (unpaired) electrons. The van der Waals surface area contributed by atoms with Crippen LogP contribution in [0.2, 0.25) is 5.02 Å². The molecule has 0 saturated heterocycles. The first-order valence-electron chi connectivity index (χ1n) is 7.85. The minimum Gasteiger partial charge on any atom is -0.496 e. The van der Waals surface area contributed by atoms with Gasteiger partial charge in [-0.1, -0.05) is 17.7 Å². The van der Waals surface area contributed by atoms with Crippen molar-refractivity contribution in [3.8, 4) is 5.75 Å². The number of anilines is 1. The van der Waals surface area contributed by atoms with Crippen LogP contribution in [0.15, 0.2) is 35.2 Å². The molecule has 1 amide bonds. The lowest BCUT2D eigenvalue weighted by Crippen LogP contribution is -2.33. The normalized spacial score (nSPS) is 11.3. The fourth-order valence-corrected chi connectivity index (χ4v) is 3.95. The number of amides is 1. The zero-order chi connectivity index (χ0) is 19.5. The lowest BCUT2D eigenvalue weighted by atomic mass is 10.1. The second kappa shape index (κ2) is 8.07. The monoisotopic (exact) mass is 396 g/mol. The van der Waals surface area contributed by atoms with Crippen molar-refractivity contribution in [2.24, 2.45) is 0 Å². The van der Waals surface area contributed by atoms with Gasteiger partial charge < -0.3 is 10.1 Å². The molecule has 0 unspecified atom stereocenters. The van der Waals surface area contributed by atoms with Crippen LogP contribution in [0, 0.1) is 20.8 Å². The first kappa shape index (κ1) is 20.2. The predicted molar refractivity (Wildman–Crippen MR) is 102 cm³/mol. The van der Waals surface area contributed by atoms with Crippen LogP contribution in [0.4, 0.5) is 5.69 Å². The molecule has 2 rings (SSSR count). The number of benzene rings is 2. The summed E-state index contributed by atoms with van der Waals surface area (Å²) in [5.41, 5.74) is 2.93. The predicted octanol–water partition coefficient (Wildman–Crippen LogP) is 3.19. The molecule has 0 spiro atoms. The molecule has 0 aromatic heterocycles. The summed E-state index contributed by atoms with van der Waals surface area (Å²) in [4.78, 5) is 12.2. The third kappa shape index (κ3) is 4.75. The van der Waals surface area contributed by atoms with Crippen LogP contribution in [-0.4, -0.2) is 28.0 Å². The maximum atomic E-state index is 12.4. The van der Waals surface area contributed by atoms with Crippen molar-refractivity contribution < 1.29 is 17.9 Å². The molecule has 2 N–H and O–H groups in total. The Hall–Kier alpha value is -2.09. The number of carbonyl (C=O) groups excluding carboxylic acids is 1. The number of carbonyl (C=O) groups is 1. The van der Waals surface area contributed by atoms with E-state index in [1.807, 2.05) is 19.9 Å². The molecule has 2 aromatic rings. The number of rotatable bonds is 6. The molecule has 0 saturated carbocycles. The van der Waals surface area contributed by atoms with Crippen molar-refractivity contribution in [1.29, 1.82) is 0 Å². The molecule has 8 heteroatoms. The van der Waals surface area contributed by atoms with Crippen molar-refractivity contribution in [1.82, 2.24) is 4.72 Å². The van der Waals surface area contributed by atoms with Crippen LogP contribution in [0.25, 0.3) is 0 Å². The van der Waals surface area contributed by atoms with Crippen LogP contribution in [0.3, 0.4) is 0 Å². The summed E-state index contributed by atoms with van der Waals surface area (Å²) in [6, 6.07) is 8.09. The lowest BCUT2D eigenvalue weighted by Gasteiger charge is -2.13. The van der Waals surface area contributed by atoms with E-state index in [1.165, 1.54) is 19.2 Å². The van der Waals surface area contributed by atoms with E-state index < -0.39 is 22.5 Å². The maximum absolute atomic E-state index is 12.4. The van der Waals surface area contributed by atoms with Crippen LogP contribution < -0.4 is 14.8 Å². The van der Waals surface area contributed by atoms with Gasteiger partial charge >= 0.3 is 0 Å². The summed E-state index contributed by atoms with van der Waals surface area (Å²) in [5, 5.41) is 3.05. The molecule has 140 valence electrons. The van der Waals surface area contributed by atoms with Gasteiger partial charge in [0, 0.05) is 0 Å². The number of ether oxygens (including phenoxy) is 1. The van der Waals surface area contributed by atoms with Crippen molar-refractivity contribution in [2.75, 3.05) is 19.0 Å². The van der Waals surface area contributed by atoms with Gasteiger partial charge in [0.1, 0.15) is 5.75 Å². The summed E-state index contributed by atoms with van der Waals surface area (Å²) < 4.78 is 32.1. The van der Waals surface area contributed by atoms with E-state index in [4.69, 9.17) is 16.3 Å². The average molecular weight is 397 g/mol. The van der Waals surface area contributed by atoms with Crippen LogP contribution in [0.5, 0.6) is 5.75 Å². The summed E-state index contributed by atoms with van der Waals surface area (Å²) in [6.45, 7) is 5.05. The SMILES string of the molecule is COc1ccc(S(=O)(=O)NCC(=O)Nc2c(C)cc(C)cc2Cl)cc1C. The third-order valence-electron chi connectivity index (χ3n) is 3.80. The zero-order valence-corrected chi connectivity index (χ0v) is 16.6. The standard InChI is InChI=1S/C18H21ClN2O4S/c1-11-7-13(3)18(15(19)8-11)21-17(22)10-20-26(23,24)14-5-6-16(25-4)12(2)9-14/h5-9,20H,10H2,1-4H3,(H,21,22). The van der Waals surface area contributed by atoms with Crippen molar-refractivity contribution in [2.45, 2.75) is 25.7 Å². The highest BCUT2D eigenvalue weighted by Crippen LogP contribution is 2.27. The maximum Gasteiger partial charge on any atom is 0.241 e. The first-order valence-corrected chi connectivity index (χ1v) is 9.71. The van der Waals surface area contributed by atoms with E-state index in [0.717, 1.165) is 11.1 Å². The number of aryl methyl sites for hydroxylation is 3. The Morgan fingerprint density at radius 2 is 1.81 bits per heavy atom. The van der Waals surface area contributed by atoms with E-state index in [9.17, 15) is 13.2 Å². The number of hydrogen-bond acceptors (Lipinski definition) is 4. The van der Waals surface area contributed by atoms with Gasteiger partial charge in [-0.15, -0.1) is 0 Å². The smallest absolute Gasteiger partial charge is 0.241 e. The van der Waals surface area contributed by atoms with Crippen molar-refractivity contribution in [3.05, 3.63) is 52.0 Å². The van der Waals surface area contributed by atoms with Crippen LogP contribution in [0.1, 0.15) is 16.7 Å². The molecule has 0 bridgehead atoms. The molecule has 0 heterocycles. The van der Waals surface area contributed by atoms with Crippen LogP contribution >= 0.6 is 11.6 Å². The molecule has 0 aliphatic carbocycles. The molecule has 0 fully saturated rings. The Morgan fingerprint density at radius 1 is 1.12 bits per heavy atom. The Kier molecular flexibility index (Phi) is 6.28. The van der Waals surface area contributed by atoms with Gasteiger partial charge in [0.05, 0.1) is 29.3 Å². The van der Waals surface area contributed by atoms with Gasteiger partial charge in [-0.05, 0) is 61.7 Å². The molecule has 2 aromatic carbocycles. The second-order valence-corrected chi connectivity index (χ2v) is 8.12. The Balaban J connectivity index is 2.08. The van der Waals surface area contributed by atoms with Crippen molar-refractivity contribution >= 4 is 33.2 Å². The number of halogens is 1. The molecule has 26 heavy (non-hydrogen) atoms. The fraction of sp³-hybridized carbons (Fsp3) is 0.278. The zero-order valence-electron chi connectivity index (χ0n) is 15.0. The second-order valence-electron chi connectivity index (χ2n) is 5.94. The summed E-state index contributed by atoms with van der Waals surface area (Å²) in [6.07, 6.45) is 0. The quantitative estimate of drug-likeness (QED) is 0.785. The summed E-state index contributed by atoms with van der Waals surface area (Å²) >= 11 is 6.15. The van der Waals surface area contributed by atoms with Gasteiger partial charge in [0.25, 0.3) is 0 Å². The van der Waals surface area contributed by atoms with Gasteiger partial charge in [-0.2, -0.15) is 0 Å². The highest BCUT2D eigenvalue weighted by atomic mass is 35.5. The molecular weight excluding hydrogens is 376 g/mol. The number of hydrogen-bond donors (Lipinski definition) is 2. The molecule has 6 nitrogen and oxygen atoms in total. The number of methoxy groups -OCH3 is 1. The number of nitrogens with one attached hydrogen (secondary N) is 2. The van der Waals surface area contributed by atoms with Gasteiger partial charge in [-0.3, -0.25) is 4.79 Å². The highest BCUT2D eigenvalue weighted by Gasteiger charge is 2.17.